The Morgan fingerprint density at radius 1 is 1.16 bits per heavy atom. The molecule has 0 aromatic rings. The fraction of sp³-hybridized carbons (Fsp3) is 0.933. The molecule has 0 aromatic carbocycles. The summed E-state index contributed by atoms with van der Waals surface area (Å²) in [5.74, 6) is 2.25. The summed E-state index contributed by atoms with van der Waals surface area (Å²) in [5, 5.41) is 2.86. The second-order valence-corrected chi connectivity index (χ2v) is 6.49. The van der Waals surface area contributed by atoms with Crippen molar-refractivity contribution in [2.24, 2.45) is 5.92 Å². The normalized spacial score (nSPS) is 11.7. The molecule has 0 fully saturated rings. The van der Waals surface area contributed by atoms with E-state index >= 15 is 0 Å². The number of amides is 1. The summed E-state index contributed by atoms with van der Waals surface area (Å²) in [6.45, 7) is 11.0. The summed E-state index contributed by atoms with van der Waals surface area (Å²) in [6, 6.07) is 0. The van der Waals surface area contributed by atoms with Crippen LogP contribution in [0.25, 0.3) is 0 Å². The van der Waals surface area contributed by atoms with Crippen molar-refractivity contribution in [3.63, 3.8) is 0 Å². The number of hydrogen-bond donors (Lipinski definition) is 1. The van der Waals surface area contributed by atoms with Crippen molar-refractivity contribution < 1.29 is 9.00 Å². The van der Waals surface area contributed by atoms with Gasteiger partial charge in [-0.25, -0.2) is 0 Å². The van der Waals surface area contributed by atoms with Crippen LogP contribution in [0.1, 0.15) is 66.7 Å². The Labute approximate surface area is 122 Å². The minimum absolute atomic E-state index is 0.148. The van der Waals surface area contributed by atoms with Crippen LogP contribution < -0.4 is 5.32 Å². The van der Waals surface area contributed by atoms with E-state index in [4.69, 9.17) is 0 Å². The molecule has 0 radical (unpaired) electrons. The Balaban J connectivity index is 0. The fourth-order valence-electron chi connectivity index (χ4n) is 1.53. The summed E-state index contributed by atoms with van der Waals surface area (Å²) in [6.07, 6.45) is 4.48. The highest BCUT2D eigenvalue weighted by atomic mass is 32.2. The van der Waals surface area contributed by atoms with E-state index in [2.05, 4.69) is 19.2 Å². The summed E-state index contributed by atoms with van der Waals surface area (Å²) < 4.78 is 11.5. The van der Waals surface area contributed by atoms with E-state index < -0.39 is 10.8 Å². The van der Waals surface area contributed by atoms with Crippen LogP contribution in [0.2, 0.25) is 0 Å². The van der Waals surface area contributed by atoms with E-state index in [1.807, 2.05) is 20.8 Å². The van der Waals surface area contributed by atoms with E-state index in [1.54, 1.807) is 0 Å². The molecule has 0 aromatic heterocycles. The van der Waals surface area contributed by atoms with Gasteiger partial charge in [0.2, 0.25) is 5.91 Å². The third-order valence-corrected chi connectivity index (χ3v) is 4.15. The van der Waals surface area contributed by atoms with Crippen LogP contribution in [0.15, 0.2) is 0 Å². The molecular weight excluding hydrogens is 258 g/mol. The first-order chi connectivity index (χ1) is 9.06. The third kappa shape index (κ3) is 17.6. The quantitative estimate of drug-likeness (QED) is 0.626. The maximum absolute atomic E-state index is 11.5. The molecule has 0 aliphatic rings. The lowest BCUT2D eigenvalue weighted by Crippen LogP contribution is -2.23. The van der Waals surface area contributed by atoms with Gasteiger partial charge in [-0.05, 0) is 25.2 Å². The van der Waals surface area contributed by atoms with Gasteiger partial charge in [-0.2, -0.15) is 0 Å². The van der Waals surface area contributed by atoms with Crippen LogP contribution in [0.5, 0.6) is 0 Å². The number of rotatable bonds is 10. The Morgan fingerprint density at radius 2 is 1.79 bits per heavy atom. The number of carbonyl (C=O) groups is 1. The van der Waals surface area contributed by atoms with Gasteiger partial charge in [0.25, 0.3) is 0 Å². The molecule has 116 valence electrons. The molecule has 1 amide bonds. The van der Waals surface area contributed by atoms with Gasteiger partial charge in [0.15, 0.2) is 0 Å². The number of nitrogens with one attached hydrogen (secondary N) is 1. The van der Waals surface area contributed by atoms with Crippen LogP contribution in [-0.4, -0.2) is 28.2 Å². The molecule has 0 aliphatic heterocycles. The lowest BCUT2D eigenvalue weighted by molar-refractivity contribution is -0.121. The van der Waals surface area contributed by atoms with Crippen LogP contribution in [0.4, 0.5) is 0 Å². The number of unbranched alkanes of at least 4 members (excludes halogenated alkanes) is 2. The van der Waals surface area contributed by atoms with Gasteiger partial charge in [-0.15, -0.1) is 0 Å². The smallest absolute Gasteiger partial charge is 0.219 e. The van der Waals surface area contributed by atoms with Gasteiger partial charge in [0.1, 0.15) is 0 Å². The lowest BCUT2D eigenvalue weighted by Gasteiger charge is -2.05. The molecule has 3 nitrogen and oxygen atoms in total. The standard InChI is InChI=1S/C13H27NO2S.C2H6/c1-4-9-14-13(15)8-6-5-7-10-17(16)11-12(2)3;1-2/h12H,4-11H2,1-3H3,(H,14,15);1-2H3. The van der Waals surface area contributed by atoms with Gasteiger partial charge in [-0.1, -0.05) is 41.0 Å². The van der Waals surface area contributed by atoms with Crippen LogP contribution >= 0.6 is 0 Å². The molecule has 1 atom stereocenters. The Kier molecular flexibility index (Phi) is 17.3. The molecule has 0 rings (SSSR count). The lowest BCUT2D eigenvalue weighted by atomic mass is 10.2. The van der Waals surface area contributed by atoms with Crippen molar-refractivity contribution >= 4 is 16.7 Å². The van der Waals surface area contributed by atoms with Crippen molar-refractivity contribution in [3.05, 3.63) is 0 Å². The molecule has 0 saturated heterocycles. The molecule has 0 bridgehead atoms. The summed E-state index contributed by atoms with van der Waals surface area (Å²) in [5.41, 5.74) is 0. The fourth-order valence-corrected chi connectivity index (χ4v) is 2.97. The zero-order valence-electron chi connectivity index (χ0n) is 13.5. The first-order valence-electron chi connectivity index (χ1n) is 7.68. The molecule has 0 heterocycles. The van der Waals surface area contributed by atoms with Crippen molar-refractivity contribution in [3.8, 4) is 0 Å². The average molecular weight is 292 g/mol. The summed E-state index contributed by atoms with van der Waals surface area (Å²) >= 11 is 0. The van der Waals surface area contributed by atoms with Gasteiger partial charge in [0.05, 0.1) is 0 Å². The first kappa shape index (κ1) is 20.9. The Bertz CT molecular complexity index is 230. The molecule has 1 N–H and O–H groups in total. The molecular formula is C15H33NO2S. The Morgan fingerprint density at radius 3 is 2.32 bits per heavy atom. The highest BCUT2D eigenvalue weighted by Gasteiger charge is 2.04. The monoisotopic (exact) mass is 291 g/mol. The third-order valence-electron chi connectivity index (χ3n) is 2.37. The van der Waals surface area contributed by atoms with Gasteiger partial charge in [-0.3, -0.25) is 9.00 Å². The first-order valence-corrected chi connectivity index (χ1v) is 9.16. The largest absolute Gasteiger partial charge is 0.356 e. The van der Waals surface area contributed by atoms with Gasteiger partial charge in [0, 0.05) is 35.3 Å². The van der Waals surface area contributed by atoms with E-state index in [-0.39, 0.29) is 5.91 Å². The van der Waals surface area contributed by atoms with Crippen molar-refractivity contribution in [2.75, 3.05) is 18.1 Å². The number of hydrogen-bond acceptors (Lipinski definition) is 2. The zero-order chi connectivity index (χ0) is 15.1. The topological polar surface area (TPSA) is 46.2 Å². The van der Waals surface area contributed by atoms with Gasteiger partial charge >= 0.3 is 0 Å². The van der Waals surface area contributed by atoms with Crippen molar-refractivity contribution in [2.45, 2.75) is 66.7 Å². The second kappa shape index (κ2) is 15.7. The highest BCUT2D eigenvalue weighted by molar-refractivity contribution is 7.84. The predicted molar refractivity (Wildman–Crippen MR) is 85.8 cm³/mol. The molecule has 0 spiro atoms. The summed E-state index contributed by atoms with van der Waals surface area (Å²) in [7, 11) is -0.670. The van der Waals surface area contributed by atoms with E-state index in [9.17, 15) is 9.00 Å². The van der Waals surface area contributed by atoms with Crippen LogP contribution in [-0.2, 0) is 15.6 Å². The summed E-state index contributed by atoms with van der Waals surface area (Å²) in [4.78, 5) is 11.3. The number of carbonyl (C=O) groups excluding carboxylic acids is 1. The molecule has 4 heteroatoms. The van der Waals surface area contributed by atoms with Crippen LogP contribution in [0.3, 0.4) is 0 Å². The predicted octanol–water partition coefficient (Wildman–Crippen LogP) is 3.50. The minimum Gasteiger partial charge on any atom is -0.356 e. The van der Waals surface area contributed by atoms with Crippen molar-refractivity contribution in [1.82, 2.24) is 5.32 Å². The zero-order valence-corrected chi connectivity index (χ0v) is 14.3. The average Bonchev–Trinajstić information content (AvgIpc) is 2.37. The van der Waals surface area contributed by atoms with Gasteiger partial charge < -0.3 is 5.32 Å². The second-order valence-electron chi connectivity index (χ2n) is 4.87. The maximum Gasteiger partial charge on any atom is 0.219 e. The molecule has 1 unspecified atom stereocenters. The Hall–Kier alpha value is -0.380. The molecule has 19 heavy (non-hydrogen) atoms. The van der Waals surface area contributed by atoms with Crippen molar-refractivity contribution in [1.29, 1.82) is 0 Å². The van der Waals surface area contributed by atoms with Crippen LogP contribution in [0, 0.1) is 5.92 Å². The minimum atomic E-state index is -0.670. The van der Waals surface area contributed by atoms with E-state index in [0.717, 1.165) is 43.7 Å². The van der Waals surface area contributed by atoms with E-state index in [0.29, 0.717) is 12.3 Å². The molecule has 0 aliphatic carbocycles. The van der Waals surface area contributed by atoms with E-state index in [1.165, 1.54) is 0 Å². The molecule has 0 saturated carbocycles. The maximum atomic E-state index is 11.5. The SMILES string of the molecule is CC.CCCNC(=O)CCCCCS(=O)CC(C)C. The highest BCUT2D eigenvalue weighted by Crippen LogP contribution is 2.03.